The highest BCUT2D eigenvalue weighted by molar-refractivity contribution is 14.0. The smallest absolute Gasteiger partial charge is 0.191 e. The molecule has 0 aromatic heterocycles. The second kappa shape index (κ2) is 12.2. The van der Waals surface area contributed by atoms with Gasteiger partial charge in [-0.3, -0.25) is 4.99 Å². The van der Waals surface area contributed by atoms with Crippen molar-refractivity contribution in [2.24, 2.45) is 10.9 Å². The van der Waals surface area contributed by atoms with Crippen LogP contribution in [0.4, 0.5) is 0 Å². The fourth-order valence-electron chi connectivity index (χ4n) is 3.55. The Labute approximate surface area is 191 Å². The molecule has 2 aliphatic rings. The fourth-order valence-corrected chi connectivity index (χ4v) is 3.74. The Morgan fingerprint density at radius 2 is 2.07 bits per heavy atom. The maximum absolute atomic E-state index is 6.15. The minimum atomic E-state index is 0. The highest BCUT2D eigenvalue weighted by Crippen LogP contribution is 2.48. The first-order chi connectivity index (χ1) is 13.2. The molecule has 2 N–H and O–H groups in total. The predicted octanol–water partition coefficient (Wildman–Crippen LogP) is 3.99. The molecule has 0 radical (unpaired) electrons. The van der Waals surface area contributed by atoms with Crippen molar-refractivity contribution < 1.29 is 9.47 Å². The van der Waals surface area contributed by atoms with Crippen LogP contribution in [-0.4, -0.2) is 52.5 Å². The zero-order valence-electron chi connectivity index (χ0n) is 16.7. The molecule has 1 saturated heterocycles. The molecule has 1 aromatic rings. The summed E-state index contributed by atoms with van der Waals surface area (Å²) in [5.41, 5.74) is 1.52. The average Bonchev–Trinajstić information content (AvgIpc) is 3.49. The minimum Gasteiger partial charge on any atom is -0.381 e. The maximum Gasteiger partial charge on any atom is 0.191 e. The van der Waals surface area contributed by atoms with Crippen molar-refractivity contribution in [1.29, 1.82) is 0 Å². The number of hydrogen-bond donors (Lipinski definition) is 2. The summed E-state index contributed by atoms with van der Waals surface area (Å²) in [4.78, 5) is 4.34. The van der Waals surface area contributed by atoms with E-state index in [1.54, 1.807) is 0 Å². The molecular formula is C21H33ClIN3O2. The Hall–Kier alpha value is -0.570. The van der Waals surface area contributed by atoms with E-state index in [0.717, 1.165) is 69.8 Å². The van der Waals surface area contributed by atoms with E-state index in [4.69, 9.17) is 21.1 Å². The van der Waals surface area contributed by atoms with Crippen molar-refractivity contribution in [2.45, 2.75) is 37.5 Å². The number of halogens is 2. The summed E-state index contributed by atoms with van der Waals surface area (Å²) in [6.07, 6.45) is 5.62. The van der Waals surface area contributed by atoms with E-state index < -0.39 is 0 Å². The minimum absolute atomic E-state index is 0. The summed E-state index contributed by atoms with van der Waals surface area (Å²) in [5, 5.41) is 7.67. The molecule has 1 aromatic carbocycles. The molecule has 1 aliphatic carbocycles. The quantitative estimate of drug-likeness (QED) is 0.223. The molecule has 1 aliphatic heterocycles. The van der Waals surface area contributed by atoms with Gasteiger partial charge < -0.3 is 20.1 Å². The number of hydrogen-bond acceptors (Lipinski definition) is 3. The van der Waals surface area contributed by atoms with E-state index in [-0.39, 0.29) is 29.4 Å². The van der Waals surface area contributed by atoms with E-state index in [0.29, 0.717) is 5.92 Å². The number of ether oxygens (including phenoxy) is 2. The second-order valence-corrected chi connectivity index (χ2v) is 8.06. The number of rotatable bonds is 9. The van der Waals surface area contributed by atoms with E-state index in [2.05, 4.69) is 27.8 Å². The molecule has 0 spiro atoms. The van der Waals surface area contributed by atoms with E-state index in [1.807, 2.05) is 19.2 Å². The van der Waals surface area contributed by atoms with Crippen molar-refractivity contribution in [2.75, 3.05) is 46.6 Å². The molecule has 3 rings (SSSR count). The lowest BCUT2D eigenvalue weighted by molar-refractivity contribution is 0.0203. The van der Waals surface area contributed by atoms with Gasteiger partial charge in [0.2, 0.25) is 0 Å². The molecule has 2 fully saturated rings. The van der Waals surface area contributed by atoms with Crippen LogP contribution < -0.4 is 10.6 Å². The SMILES string of the molecule is CN=C(NCCCOCC1CCOCC1)NCC1(c2cccc(Cl)c2)CC1.I. The molecule has 0 atom stereocenters. The van der Waals surface area contributed by atoms with Gasteiger partial charge in [-0.1, -0.05) is 23.7 Å². The number of nitrogens with one attached hydrogen (secondary N) is 2. The van der Waals surface area contributed by atoms with Gasteiger partial charge in [-0.15, -0.1) is 24.0 Å². The maximum atomic E-state index is 6.15. The summed E-state index contributed by atoms with van der Waals surface area (Å²) in [6, 6.07) is 8.22. The first-order valence-electron chi connectivity index (χ1n) is 10.1. The Morgan fingerprint density at radius 3 is 2.75 bits per heavy atom. The molecule has 7 heteroatoms. The molecular weight excluding hydrogens is 489 g/mol. The van der Waals surface area contributed by atoms with Crippen LogP contribution in [0.5, 0.6) is 0 Å². The highest BCUT2D eigenvalue weighted by atomic mass is 127. The van der Waals surface area contributed by atoms with Gasteiger partial charge in [0.25, 0.3) is 0 Å². The Balaban J connectivity index is 0.00000280. The third kappa shape index (κ3) is 7.35. The van der Waals surface area contributed by atoms with Crippen molar-refractivity contribution >= 4 is 41.5 Å². The van der Waals surface area contributed by atoms with E-state index >= 15 is 0 Å². The van der Waals surface area contributed by atoms with Gasteiger partial charge in [0.15, 0.2) is 5.96 Å². The van der Waals surface area contributed by atoms with E-state index in [9.17, 15) is 0 Å². The van der Waals surface area contributed by atoms with Crippen LogP contribution in [0.2, 0.25) is 5.02 Å². The van der Waals surface area contributed by atoms with Crippen LogP contribution in [-0.2, 0) is 14.9 Å². The molecule has 28 heavy (non-hydrogen) atoms. The van der Waals surface area contributed by atoms with Gasteiger partial charge >= 0.3 is 0 Å². The standard InChI is InChI=1S/C21H32ClN3O2.HI/c1-23-20(24-10-3-11-27-15-17-6-12-26-13-7-17)25-16-21(8-9-21)18-4-2-5-19(22)14-18;/h2,4-5,14,17H,3,6-13,15-16H2,1H3,(H2,23,24,25);1H. The van der Waals surface area contributed by atoms with Crippen LogP contribution >= 0.6 is 35.6 Å². The molecule has 1 saturated carbocycles. The Morgan fingerprint density at radius 1 is 1.29 bits per heavy atom. The summed E-state index contributed by atoms with van der Waals surface area (Å²) < 4.78 is 11.2. The van der Waals surface area contributed by atoms with Gasteiger partial charge in [-0.2, -0.15) is 0 Å². The van der Waals surface area contributed by atoms with Crippen molar-refractivity contribution in [3.8, 4) is 0 Å². The summed E-state index contributed by atoms with van der Waals surface area (Å²) in [5.74, 6) is 1.52. The van der Waals surface area contributed by atoms with Crippen LogP contribution in [0, 0.1) is 5.92 Å². The van der Waals surface area contributed by atoms with Gasteiger partial charge in [0, 0.05) is 57.0 Å². The zero-order valence-corrected chi connectivity index (χ0v) is 19.8. The second-order valence-electron chi connectivity index (χ2n) is 7.63. The van der Waals surface area contributed by atoms with Crippen molar-refractivity contribution in [3.63, 3.8) is 0 Å². The van der Waals surface area contributed by atoms with Crippen LogP contribution in [0.1, 0.15) is 37.7 Å². The monoisotopic (exact) mass is 521 g/mol. The predicted molar refractivity (Wildman–Crippen MR) is 126 cm³/mol. The van der Waals surface area contributed by atoms with Gasteiger partial charge in [0.05, 0.1) is 0 Å². The van der Waals surface area contributed by atoms with E-state index in [1.165, 1.54) is 18.4 Å². The number of aliphatic imine (C=N–C) groups is 1. The Kier molecular flexibility index (Phi) is 10.3. The average molecular weight is 522 g/mol. The topological polar surface area (TPSA) is 54.9 Å². The van der Waals surface area contributed by atoms with Crippen molar-refractivity contribution in [1.82, 2.24) is 10.6 Å². The Bertz CT molecular complexity index is 619. The van der Waals surface area contributed by atoms with Gasteiger partial charge in [-0.05, 0) is 55.7 Å². The van der Waals surface area contributed by atoms with Crippen molar-refractivity contribution in [3.05, 3.63) is 34.9 Å². The molecule has 0 amide bonds. The summed E-state index contributed by atoms with van der Waals surface area (Å²) in [6.45, 7) is 5.15. The summed E-state index contributed by atoms with van der Waals surface area (Å²) in [7, 11) is 1.82. The molecule has 0 bridgehead atoms. The third-order valence-electron chi connectivity index (χ3n) is 5.56. The third-order valence-corrected chi connectivity index (χ3v) is 5.80. The first-order valence-corrected chi connectivity index (χ1v) is 10.5. The van der Waals surface area contributed by atoms with Crippen LogP contribution in [0.3, 0.4) is 0 Å². The number of benzene rings is 1. The summed E-state index contributed by atoms with van der Waals surface area (Å²) >= 11 is 6.15. The largest absolute Gasteiger partial charge is 0.381 e. The van der Waals surface area contributed by atoms with Crippen LogP contribution in [0.15, 0.2) is 29.3 Å². The molecule has 1 heterocycles. The highest BCUT2D eigenvalue weighted by Gasteiger charge is 2.44. The van der Waals surface area contributed by atoms with Gasteiger partial charge in [-0.25, -0.2) is 0 Å². The first kappa shape index (κ1) is 23.7. The molecule has 0 unspecified atom stereocenters. The van der Waals surface area contributed by atoms with Gasteiger partial charge in [0.1, 0.15) is 0 Å². The number of guanidine groups is 1. The molecule has 158 valence electrons. The normalized spacial score (nSPS) is 19.0. The van der Waals surface area contributed by atoms with Crippen LogP contribution in [0.25, 0.3) is 0 Å². The molecule has 5 nitrogen and oxygen atoms in total. The lowest BCUT2D eigenvalue weighted by Crippen LogP contribution is -2.41. The zero-order chi connectivity index (χ0) is 19.0. The number of nitrogens with zero attached hydrogens (tertiary/aromatic N) is 1. The lowest BCUT2D eigenvalue weighted by Gasteiger charge is -2.22. The fraction of sp³-hybridized carbons (Fsp3) is 0.667. The lowest BCUT2D eigenvalue weighted by atomic mass is 9.96.